The average Bonchev–Trinajstić information content (AvgIpc) is 3.21. The van der Waals surface area contributed by atoms with Crippen LogP contribution in [0.15, 0.2) is 48.8 Å². The lowest BCUT2D eigenvalue weighted by molar-refractivity contribution is -0.136. The third kappa shape index (κ3) is 5.73. The Morgan fingerprint density at radius 2 is 1.87 bits per heavy atom. The highest BCUT2D eigenvalue weighted by Crippen LogP contribution is 2.15. The zero-order valence-corrected chi connectivity index (χ0v) is 16.7. The monoisotopic (exact) mass is 417 g/mol. The molecule has 1 unspecified atom stereocenters. The molecule has 1 aliphatic heterocycles. The second-order valence-corrected chi connectivity index (χ2v) is 7.10. The molecule has 1 atom stereocenters. The van der Waals surface area contributed by atoms with Gasteiger partial charge in [0.25, 0.3) is 0 Å². The summed E-state index contributed by atoms with van der Waals surface area (Å²) < 4.78 is 26.7. The molecule has 30 heavy (non-hydrogen) atoms. The maximum absolute atomic E-state index is 12.9. The second-order valence-electron chi connectivity index (χ2n) is 7.10. The summed E-state index contributed by atoms with van der Waals surface area (Å²) in [5.74, 6) is -0.196. The molecule has 2 aromatic rings. The molecule has 0 saturated carbocycles. The number of carbonyl (C=O) groups is 2. The zero-order valence-electron chi connectivity index (χ0n) is 16.7. The normalized spacial score (nSPS) is 16.2. The van der Waals surface area contributed by atoms with Crippen LogP contribution < -0.4 is 5.32 Å². The standard InChI is InChI=1S/C21H25F2N5O2/c1-16(25-19(29)8-7-17-5-3-2-4-6-17)20(30)27-13-11-26(12-14-27)15-18-24-9-10-28(18)21(22)23/h2-10,16,21H,11-15H2,1H3,(H,25,29)/b8-7+. The van der Waals surface area contributed by atoms with Crippen molar-refractivity contribution in [1.29, 1.82) is 0 Å². The minimum Gasteiger partial charge on any atom is -0.341 e. The highest BCUT2D eigenvalue weighted by molar-refractivity contribution is 5.95. The molecular formula is C21H25F2N5O2. The van der Waals surface area contributed by atoms with Gasteiger partial charge in [0.2, 0.25) is 11.8 Å². The van der Waals surface area contributed by atoms with Crippen molar-refractivity contribution >= 4 is 17.9 Å². The van der Waals surface area contributed by atoms with Gasteiger partial charge in [0.15, 0.2) is 0 Å². The van der Waals surface area contributed by atoms with E-state index in [9.17, 15) is 18.4 Å². The average molecular weight is 417 g/mol. The van der Waals surface area contributed by atoms with Crippen molar-refractivity contribution in [3.63, 3.8) is 0 Å². The molecule has 1 saturated heterocycles. The van der Waals surface area contributed by atoms with E-state index < -0.39 is 12.6 Å². The molecule has 0 spiro atoms. The molecule has 160 valence electrons. The van der Waals surface area contributed by atoms with Crippen molar-refractivity contribution < 1.29 is 18.4 Å². The lowest BCUT2D eigenvalue weighted by atomic mass is 10.2. The lowest BCUT2D eigenvalue weighted by Gasteiger charge is -2.35. The van der Waals surface area contributed by atoms with E-state index in [-0.39, 0.29) is 11.8 Å². The summed E-state index contributed by atoms with van der Waals surface area (Å²) in [4.78, 5) is 32.4. The quantitative estimate of drug-likeness (QED) is 0.701. The molecule has 1 N–H and O–H groups in total. The SMILES string of the molecule is CC(NC(=O)/C=C/c1ccccc1)C(=O)N1CCN(Cc2nccn2C(F)F)CC1. The Morgan fingerprint density at radius 3 is 2.53 bits per heavy atom. The van der Waals surface area contributed by atoms with Crippen molar-refractivity contribution in [2.24, 2.45) is 0 Å². The molecule has 2 heterocycles. The number of hydrogen-bond acceptors (Lipinski definition) is 4. The first-order chi connectivity index (χ1) is 14.4. The molecule has 3 rings (SSSR count). The van der Waals surface area contributed by atoms with Gasteiger partial charge in [0.1, 0.15) is 11.9 Å². The van der Waals surface area contributed by atoms with Gasteiger partial charge in [-0.3, -0.25) is 19.1 Å². The van der Waals surface area contributed by atoms with Gasteiger partial charge >= 0.3 is 6.55 Å². The Morgan fingerprint density at radius 1 is 1.17 bits per heavy atom. The minimum atomic E-state index is -2.62. The van der Waals surface area contributed by atoms with Gasteiger partial charge in [-0.25, -0.2) is 4.98 Å². The van der Waals surface area contributed by atoms with E-state index in [1.165, 1.54) is 18.5 Å². The highest BCUT2D eigenvalue weighted by atomic mass is 19.3. The second kappa shape index (κ2) is 10.1. The van der Waals surface area contributed by atoms with Crippen LogP contribution in [0.2, 0.25) is 0 Å². The van der Waals surface area contributed by atoms with Crippen molar-refractivity contribution in [3.8, 4) is 0 Å². The smallest absolute Gasteiger partial charge is 0.319 e. The number of nitrogens with zero attached hydrogens (tertiary/aromatic N) is 4. The Kier molecular flexibility index (Phi) is 7.29. The number of piperazine rings is 1. The highest BCUT2D eigenvalue weighted by Gasteiger charge is 2.26. The molecule has 1 fully saturated rings. The molecule has 0 bridgehead atoms. The van der Waals surface area contributed by atoms with E-state index in [1.807, 2.05) is 35.2 Å². The predicted octanol–water partition coefficient (Wildman–Crippen LogP) is 2.14. The fourth-order valence-corrected chi connectivity index (χ4v) is 3.30. The Bertz CT molecular complexity index is 877. The first-order valence-electron chi connectivity index (χ1n) is 9.78. The summed E-state index contributed by atoms with van der Waals surface area (Å²) in [7, 11) is 0. The van der Waals surface area contributed by atoms with Crippen LogP contribution >= 0.6 is 0 Å². The maximum Gasteiger partial charge on any atom is 0.319 e. The number of hydrogen-bond donors (Lipinski definition) is 1. The predicted molar refractivity (Wildman–Crippen MR) is 108 cm³/mol. The molecule has 7 nitrogen and oxygen atoms in total. The van der Waals surface area contributed by atoms with Crippen LogP contribution in [0.3, 0.4) is 0 Å². The third-order valence-electron chi connectivity index (χ3n) is 4.96. The fourth-order valence-electron chi connectivity index (χ4n) is 3.30. The van der Waals surface area contributed by atoms with E-state index >= 15 is 0 Å². The van der Waals surface area contributed by atoms with Crippen LogP contribution in [0.5, 0.6) is 0 Å². The van der Waals surface area contributed by atoms with Gasteiger partial charge in [-0.2, -0.15) is 8.78 Å². The fraction of sp³-hybridized carbons (Fsp3) is 0.381. The van der Waals surface area contributed by atoms with Gasteiger partial charge in [0, 0.05) is 44.6 Å². The number of alkyl halides is 2. The van der Waals surface area contributed by atoms with Gasteiger partial charge in [0.05, 0.1) is 6.54 Å². The Balaban J connectivity index is 1.45. The van der Waals surface area contributed by atoms with E-state index in [4.69, 9.17) is 0 Å². The van der Waals surface area contributed by atoms with Crippen molar-refractivity contribution in [3.05, 3.63) is 60.2 Å². The summed E-state index contributed by atoms with van der Waals surface area (Å²) in [6.45, 7) is 1.37. The summed E-state index contributed by atoms with van der Waals surface area (Å²) >= 11 is 0. The summed E-state index contributed by atoms with van der Waals surface area (Å²) in [5, 5.41) is 2.69. The topological polar surface area (TPSA) is 70.5 Å². The van der Waals surface area contributed by atoms with Gasteiger partial charge in [-0.15, -0.1) is 0 Å². The van der Waals surface area contributed by atoms with Gasteiger partial charge in [-0.05, 0) is 18.6 Å². The number of aromatic nitrogens is 2. The van der Waals surface area contributed by atoms with Crippen molar-refractivity contribution in [2.45, 2.75) is 26.1 Å². The van der Waals surface area contributed by atoms with E-state index in [2.05, 4.69) is 10.3 Å². The van der Waals surface area contributed by atoms with Crippen LogP contribution in [-0.2, 0) is 16.1 Å². The van der Waals surface area contributed by atoms with Gasteiger partial charge < -0.3 is 10.2 Å². The number of benzene rings is 1. The van der Waals surface area contributed by atoms with Crippen LogP contribution in [-0.4, -0.2) is 63.4 Å². The minimum absolute atomic E-state index is 0.162. The van der Waals surface area contributed by atoms with Crippen molar-refractivity contribution in [2.75, 3.05) is 26.2 Å². The number of amides is 2. The Labute approximate surface area is 174 Å². The summed E-state index contributed by atoms with van der Waals surface area (Å²) in [6, 6.07) is 8.76. The van der Waals surface area contributed by atoms with E-state index in [0.717, 1.165) is 10.1 Å². The van der Waals surface area contributed by atoms with Gasteiger partial charge in [-0.1, -0.05) is 30.3 Å². The molecule has 1 aromatic carbocycles. The summed E-state index contributed by atoms with van der Waals surface area (Å²) in [5.41, 5.74) is 0.898. The molecular weight excluding hydrogens is 392 g/mol. The van der Waals surface area contributed by atoms with Crippen molar-refractivity contribution in [1.82, 2.24) is 24.7 Å². The number of carbonyl (C=O) groups excluding carboxylic acids is 2. The third-order valence-corrected chi connectivity index (χ3v) is 4.96. The lowest BCUT2D eigenvalue weighted by Crippen LogP contribution is -2.53. The van der Waals surface area contributed by atoms with Crippen LogP contribution in [0.4, 0.5) is 8.78 Å². The Hall–Kier alpha value is -3.07. The molecule has 0 aliphatic carbocycles. The molecule has 9 heteroatoms. The van der Waals surface area contributed by atoms with Crippen LogP contribution in [0.25, 0.3) is 6.08 Å². The first-order valence-corrected chi connectivity index (χ1v) is 9.78. The number of imidazole rings is 1. The van der Waals surface area contributed by atoms with Crippen LogP contribution in [0.1, 0.15) is 24.9 Å². The maximum atomic E-state index is 12.9. The van der Waals surface area contributed by atoms with Crippen LogP contribution in [0, 0.1) is 0 Å². The molecule has 1 aromatic heterocycles. The first kappa shape index (κ1) is 21.6. The van der Waals surface area contributed by atoms with E-state index in [1.54, 1.807) is 17.9 Å². The number of halogens is 2. The zero-order chi connectivity index (χ0) is 21.5. The number of nitrogens with one attached hydrogen (secondary N) is 1. The van der Waals surface area contributed by atoms with E-state index in [0.29, 0.717) is 38.5 Å². The molecule has 0 radical (unpaired) electrons. The largest absolute Gasteiger partial charge is 0.341 e. The molecule has 1 aliphatic rings. The number of rotatable bonds is 7. The molecule has 2 amide bonds. The summed E-state index contributed by atoms with van der Waals surface area (Å²) in [6.07, 6.45) is 5.71.